The molecule has 140 valence electrons. The third-order valence-electron chi connectivity index (χ3n) is 4.96. The van der Waals surface area contributed by atoms with E-state index in [0.717, 1.165) is 48.0 Å². The Bertz CT molecular complexity index is 760. The molecule has 0 saturated carbocycles. The van der Waals surface area contributed by atoms with Crippen LogP contribution in [0, 0.1) is 0 Å². The Hall–Kier alpha value is -1.79. The van der Waals surface area contributed by atoms with Gasteiger partial charge in [0, 0.05) is 44.9 Å². The molecule has 5 nitrogen and oxygen atoms in total. The van der Waals surface area contributed by atoms with Crippen molar-refractivity contribution in [3.05, 3.63) is 47.5 Å². The van der Waals surface area contributed by atoms with Gasteiger partial charge in [0.2, 0.25) is 0 Å². The molecule has 5 heteroatoms. The number of ether oxygens (including phenoxy) is 1. The zero-order chi connectivity index (χ0) is 18.5. The molecule has 3 rings (SSSR count). The van der Waals surface area contributed by atoms with Crippen molar-refractivity contribution in [2.24, 2.45) is 5.73 Å². The number of hydrogen-bond acceptors (Lipinski definition) is 5. The molecule has 0 spiro atoms. The summed E-state index contributed by atoms with van der Waals surface area (Å²) in [6.07, 6.45) is 0.800. The lowest BCUT2D eigenvalue weighted by Crippen LogP contribution is -2.57. The smallest absolute Gasteiger partial charge is 0.181 e. The highest BCUT2D eigenvalue weighted by Gasteiger charge is 2.30. The van der Waals surface area contributed by atoms with E-state index in [1.807, 2.05) is 31.2 Å². The highest BCUT2D eigenvalue weighted by atomic mass is 16.5. The second-order valence-electron chi connectivity index (χ2n) is 7.16. The van der Waals surface area contributed by atoms with Crippen LogP contribution in [0.25, 0.3) is 10.8 Å². The number of fused-ring (bicyclic) bond motifs is 1. The molecule has 0 radical (unpaired) electrons. The van der Waals surface area contributed by atoms with Gasteiger partial charge in [0.1, 0.15) is 0 Å². The van der Waals surface area contributed by atoms with E-state index in [0.29, 0.717) is 13.2 Å². The fourth-order valence-electron chi connectivity index (χ4n) is 3.71. The number of piperazine rings is 1. The molecule has 1 saturated heterocycles. The first-order chi connectivity index (χ1) is 12.6. The van der Waals surface area contributed by atoms with E-state index in [4.69, 9.17) is 10.5 Å². The van der Waals surface area contributed by atoms with Gasteiger partial charge in [-0.3, -0.25) is 9.69 Å². The topological polar surface area (TPSA) is 67.6 Å². The summed E-state index contributed by atoms with van der Waals surface area (Å²) in [5, 5.41) is 5.48. The van der Waals surface area contributed by atoms with Gasteiger partial charge in [0.05, 0.1) is 12.6 Å². The molecule has 1 unspecified atom stereocenters. The number of ketones is 1. The normalized spacial score (nSPS) is 19.6. The number of rotatable bonds is 7. The maximum Gasteiger partial charge on any atom is 0.181 e. The Morgan fingerprint density at radius 2 is 2.19 bits per heavy atom. The van der Waals surface area contributed by atoms with Crippen molar-refractivity contribution in [2.45, 2.75) is 25.4 Å². The Labute approximate surface area is 155 Å². The van der Waals surface area contributed by atoms with Gasteiger partial charge in [-0.05, 0) is 35.7 Å². The van der Waals surface area contributed by atoms with Crippen LogP contribution in [0.4, 0.5) is 0 Å². The van der Waals surface area contributed by atoms with Gasteiger partial charge in [-0.25, -0.2) is 0 Å². The summed E-state index contributed by atoms with van der Waals surface area (Å²) < 4.78 is 5.22. The first kappa shape index (κ1) is 19.0. The Morgan fingerprint density at radius 3 is 2.96 bits per heavy atom. The highest BCUT2D eigenvalue weighted by molar-refractivity contribution is 6.11. The first-order valence-electron chi connectivity index (χ1n) is 9.35. The molecule has 0 bridgehead atoms. The summed E-state index contributed by atoms with van der Waals surface area (Å²) in [4.78, 5) is 15.7. The highest BCUT2D eigenvalue weighted by Crippen LogP contribution is 2.24. The fraction of sp³-hybridized carbons (Fsp3) is 0.476. The maximum absolute atomic E-state index is 13.5. The fourth-order valence-corrected chi connectivity index (χ4v) is 3.71. The lowest BCUT2D eigenvalue weighted by molar-refractivity contribution is 0.0767. The van der Waals surface area contributed by atoms with Crippen LogP contribution in [0.3, 0.4) is 0 Å². The van der Waals surface area contributed by atoms with Crippen molar-refractivity contribution in [1.82, 2.24) is 10.2 Å². The second-order valence-corrected chi connectivity index (χ2v) is 7.16. The summed E-state index contributed by atoms with van der Waals surface area (Å²) in [6.45, 7) is 5.78. The van der Waals surface area contributed by atoms with Gasteiger partial charge in [0.25, 0.3) is 0 Å². The number of nitrogens with two attached hydrogens (primary N) is 1. The van der Waals surface area contributed by atoms with Gasteiger partial charge in [-0.15, -0.1) is 0 Å². The van der Waals surface area contributed by atoms with Crippen molar-refractivity contribution < 1.29 is 9.53 Å². The molecule has 2 aromatic rings. The van der Waals surface area contributed by atoms with E-state index in [9.17, 15) is 4.79 Å². The van der Waals surface area contributed by atoms with Crippen molar-refractivity contribution in [1.29, 1.82) is 0 Å². The number of hydrogen-bond donors (Lipinski definition) is 2. The van der Waals surface area contributed by atoms with Crippen LogP contribution in [0.5, 0.6) is 0 Å². The summed E-state index contributed by atoms with van der Waals surface area (Å²) in [7, 11) is 1.70. The number of Topliss-reactive ketones (excluding diaryl/α,β-unsaturated/α-hetero) is 1. The summed E-state index contributed by atoms with van der Waals surface area (Å²) >= 11 is 0. The molecule has 1 fully saturated rings. The average molecular weight is 355 g/mol. The van der Waals surface area contributed by atoms with Crippen LogP contribution in [0.2, 0.25) is 0 Å². The molecule has 26 heavy (non-hydrogen) atoms. The van der Waals surface area contributed by atoms with Gasteiger partial charge < -0.3 is 15.8 Å². The van der Waals surface area contributed by atoms with E-state index >= 15 is 0 Å². The molecule has 2 aromatic carbocycles. The first-order valence-corrected chi connectivity index (χ1v) is 9.35. The van der Waals surface area contributed by atoms with E-state index < -0.39 is 0 Å². The van der Waals surface area contributed by atoms with Crippen molar-refractivity contribution in [2.75, 3.05) is 39.9 Å². The zero-order valence-corrected chi connectivity index (χ0v) is 15.7. The number of carbonyl (C=O) groups is 1. The molecule has 0 aromatic heterocycles. The SMILES string of the molecule is COCCc1cc(C(=O)[C@H]2CNCCN2CC(C)N)c2ccccc2c1. The Kier molecular flexibility index (Phi) is 6.38. The quantitative estimate of drug-likeness (QED) is 0.742. The summed E-state index contributed by atoms with van der Waals surface area (Å²) in [6, 6.07) is 12.2. The molecular formula is C21H29N3O2. The van der Waals surface area contributed by atoms with Crippen LogP contribution < -0.4 is 11.1 Å². The third-order valence-corrected chi connectivity index (χ3v) is 4.96. The van der Waals surface area contributed by atoms with Gasteiger partial charge in [-0.1, -0.05) is 30.3 Å². The Morgan fingerprint density at radius 1 is 1.38 bits per heavy atom. The van der Waals surface area contributed by atoms with Crippen molar-refractivity contribution >= 4 is 16.6 Å². The van der Waals surface area contributed by atoms with Crippen LogP contribution in [-0.2, 0) is 11.2 Å². The van der Waals surface area contributed by atoms with Gasteiger partial charge in [0.15, 0.2) is 5.78 Å². The summed E-state index contributed by atoms with van der Waals surface area (Å²) in [5.41, 5.74) is 7.95. The molecular weight excluding hydrogens is 326 g/mol. The van der Waals surface area contributed by atoms with Crippen LogP contribution in [0.1, 0.15) is 22.8 Å². The zero-order valence-electron chi connectivity index (χ0n) is 15.7. The standard InChI is InChI=1S/C21H29N3O2/c1-15(22)14-24-9-8-23-13-20(24)21(25)19-12-16(7-10-26-2)11-17-5-3-4-6-18(17)19/h3-6,11-12,15,20,23H,7-10,13-14,22H2,1-2H3/t15?,20-/m1/s1. The van der Waals surface area contributed by atoms with Gasteiger partial charge >= 0.3 is 0 Å². The number of nitrogens with zero attached hydrogens (tertiary/aromatic N) is 1. The molecule has 1 aliphatic heterocycles. The lowest BCUT2D eigenvalue weighted by Gasteiger charge is -2.36. The predicted molar refractivity (Wildman–Crippen MR) is 106 cm³/mol. The second kappa shape index (κ2) is 8.73. The average Bonchev–Trinajstić information content (AvgIpc) is 2.65. The maximum atomic E-state index is 13.5. The number of benzene rings is 2. The Balaban J connectivity index is 1.97. The van der Waals surface area contributed by atoms with E-state index in [-0.39, 0.29) is 17.9 Å². The third kappa shape index (κ3) is 4.30. The van der Waals surface area contributed by atoms with Crippen LogP contribution >= 0.6 is 0 Å². The predicted octanol–water partition coefficient (Wildman–Crippen LogP) is 1.83. The van der Waals surface area contributed by atoms with E-state index in [1.165, 1.54) is 0 Å². The largest absolute Gasteiger partial charge is 0.384 e. The molecule has 1 heterocycles. The number of methoxy groups -OCH3 is 1. The van der Waals surface area contributed by atoms with Gasteiger partial charge in [-0.2, -0.15) is 0 Å². The minimum atomic E-state index is -0.171. The van der Waals surface area contributed by atoms with Crippen LogP contribution in [-0.4, -0.2) is 62.7 Å². The monoisotopic (exact) mass is 355 g/mol. The van der Waals surface area contributed by atoms with Crippen molar-refractivity contribution in [3.63, 3.8) is 0 Å². The molecule has 0 amide bonds. The van der Waals surface area contributed by atoms with Crippen molar-refractivity contribution in [3.8, 4) is 0 Å². The van der Waals surface area contributed by atoms with Crippen LogP contribution in [0.15, 0.2) is 36.4 Å². The number of carbonyl (C=O) groups excluding carboxylic acids is 1. The molecule has 0 aliphatic carbocycles. The van der Waals surface area contributed by atoms with E-state index in [2.05, 4.69) is 22.3 Å². The van der Waals surface area contributed by atoms with E-state index in [1.54, 1.807) is 7.11 Å². The lowest BCUT2D eigenvalue weighted by atomic mass is 9.93. The molecule has 3 N–H and O–H groups in total. The number of nitrogens with one attached hydrogen (secondary N) is 1. The minimum absolute atomic E-state index is 0.0492. The summed E-state index contributed by atoms with van der Waals surface area (Å²) in [5.74, 6) is 0.174. The molecule has 2 atom stereocenters. The molecule has 1 aliphatic rings. The minimum Gasteiger partial charge on any atom is -0.384 e.